The van der Waals surface area contributed by atoms with Gasteiger partial charge in [-0.3, -0.25) is 4.79 Å². The van der Waals surface area contributed by atoms with Crippen LogP contribution in [0.4, 0.5) is 0 Å². The van der Waals surface area contributed by atoms with Crippen molar-refractivity contribution >= 4 is 33.1 Å². The van der Waals surface area contributed by atoms with Crippen LogP contribution < -0.4 is 5.32 Å². The van der Waals surface area contributed by atoms with Gasteiger partial charge in [-0.2, -0.15) is 4.98 Å². The summed E-state index contributed by atoms with van der Waals surface area (Å²) in [6.45, 7) is 0.421. The smallest absolute Gasteiger partial charge is 0.248 e. The van der Waals surface area contributed by atoms with E-state index in [2.05, 4.69) is 31.2 Å². The predicted molar refractivity (Wildman–Crippen MR) is 65.9 cm³/mol. The number of pyridine rings is 1. The second-order valence-electron chi connectivity index (χ2n) is 4.20. The Labute approximate surface area is 111 Å². The van der Waals surface area contributed by atoms with E-state index in [1.807, 2.05) is 0 Å². The maximum atomic E-state index is 11.2. The van der Waals surface area contributed by atoms with Crippen molar-refractivity contribution in [3.63, 3.8) is 0 Å². The zero-order chi connectivity index (χ0) is 12.7. The first kappa shape index (κ1) is 11.6. The Hall–Kier alpha value is -1.47. The molecular formula is C11H10BrN3O3. The van der Waals surface area contributed by atoms with Crippen LogP contribution >= 0.6 is 15.9 Å². The number of oxazole rings is 1. The summed E-state index contributed by atoms with van der Waals surface area (Å²) in [6, 6.07) is 3.55. The molecule has 0 spiro atoms. The summed E-state index contributed by atoms with van der Waals surface area (Å²) in [5, 5.41) is 12.1. The van der Waals surface area contributed by atoms with Crippen LogP contribution in [0.2, 0.25) is 0 Å². The molecule has 18 heavy (non-hydrogen) atoms. The number of nitrogens with zero attached hydrogens (tertiary/aromatic N) is 2. The van der Waals surface area contributed by atoms with Gasteiger partial charge in [-0.25, -0.2) is 4.98 Å². The van der Waals surface area contributed by atoms with Crippen LogP contribution in [0.3, 0.4) is 0 Å². The molecule has 0 bridgehead atoms. The van der Waals surface area contributed by atoms with Crippen molar-refractivity contribution in [2.45, 2.75) is 18.4 Å². The molecule has 0 radical (unpaired) electrons. The molecule has 1 saturated heterocycles. The summed E-state index contributed by atoms with van der Waals surface area (Å²) >= 11 is 3.27. The van der Waals surface area contributed by atoms with Crippen molar-refractivity contribution < 1.29 is 14.3 Å². The van der Waals surface area contributed by atoms with E-state index in [0.29, 0.717) is 34.7 Å². The third-order valence-corrected chi connectivity index (χ3v) is 3.36. The topological polar surface area (TPSA) is 88.3 Å². The number of aromatic nitrogens is 2. The molecule has 1 aliphatic heterocycles. The zero-order valence-corrected chi connectivity index (χ0v) is 10.8. The van der Waals surface area contributed by atoms with Gasteiger partial charge in [0.15, 0.2) is 11.2 Å². The number of halogens is 1. The van der Waals surface area contributed by atoms with E-state index < -0.39 is 6.10 Å². The van der Waals surface area contributed by atoms with Gasteiger partial charge in [0, 0.05) is 6.54 Å². The highest BCUT2D eigenvalue weighted by atomic mass is 79.9. The minimum absolute atomic E-state index is 0.120. The Kier molecular flexibility index (Phi) is 2.79. The normalized spacial score (nSPS) is 24.2. The molecule has 0 aromatic carbocycles. The van der Waals surface area contributed by atoms with Gasteiger partial charge in [-0.15, -0.1) is 0 Å². The fourth-order valence-corrected chi connectivity index (χ4v) is 2.28. The van der Waals surface area contributed by atoms with Crippen LogP contribution in [0.25, 0.3) is 11.2 Å². The number of nitrogens with one attached hydrogen (secondary N) is 1. The fourth-order valence-electron chi connectivity index (χ4n) is 1.98. The number of hydrogen-bond donors (Lipinski definition) is 2. The van der Waals surface area contributed by atoms with Gasteiger partial charge in [-0.05, 0) is 34.5 Å². The number of aliphatic hydroxyl groups is 1. The van der Waals surface area contributed by atoms with Gasteiger partial charge in [0.05, 0.1) is 5.92 Å². The Morgan fingerprint density at radius 1 is 1.44 bits per heavy atom. The molecule has 1 amide bonds. The van der Waals surface area contributed by atoms with Crippen LogP contribution in [0.5, 0.6) is 0 Å². The second kappa shape index (κ2) is 4.33. The van der Waals surface area contributed by atoms with Crippen molar-refractivity contribution in [2.75, 3.05) is 6.54 Å². The highest BCUT2D eigenvalue weighted by Gasteiger charge is 2.30. The van der Waals surface area contributed by atoms with Crippen LogP contribution in [0.1, 0.15) is 18.2 Å². The molecule has 6 nitrogen and oxygen atoms in total. The van der Waals surface area contributed by atoms with E-state index in [-0.39, 0.29) is 11.8 Å². The average molecular weight is 312 g/mol. The first-order valence-electron chi connectivity index (χ1n) is 5.52. The van der Waals surface area contributed by atoms with E-state index in [4.69, 9.17) is 4.42 Å². The number of aliphatic hydroxyl groups excluding tert-OH is 1. The summed E-state index contributed by atoms with van der Waals surface area (Å²) in [4.78, 5) is 19.6. The molecule has 2 aromatic rings. The lowest BCUT2D eigenvalue weighted by molar-refractivity contribution is -0.132. The van der Waals surface area contributed by atoms with E-state index >= 15 is 0 Å². The quantitative estimate of drug-likeness (QED) is 0.766. The third kappa shape index (κ3) is 1.99. The minimum atomic E-state index is -1.00. The van der Waals surface area contributed by atoms with Gasteiger partial charge in [0.1, 0.15) is 10.7 Å². The van der Waals surface area contributed by atoms with E-state index in [1.165, 1.54) is 0 Å². The van der Waals surface area contributed by atoms with E-state index in [0.717, 1.165) is 0 Å². The lowest BCUT2D eigenvalue weighted by Gasteiger charge is -2.23. The number of amides is 1. The van der Waals surface area contributed by atoms with Crippen molar-refractivity contribution in [1.82, 2.24) is 15.3 Å². The van der Waals surface area contributed by atoms with Gasteiger partial charge in [0.2, 0.25) is 11.8 Å². The highest BCUT2D eigenvalue weighted by Crippen LogP contribution is 2.26. The molecule has 0 saturated carbocycles. The first-order valence-corrected chi connectivity index (χ1v) is 6.31. The average Bonchev–Trinajstić information content (AvgIpc) is 2.75. The lowest BCUT2D eigenvalue weighted by Crippen LogP contribution is -2.43. The summed E-state index contributed by atoms with van der Waals surface area (Å²) in [5.74, 6) is 0.0311. The van der Waals surface area contributed by atoms with Crippen LogP contribution in [-0.2, 0) is 4.79 Å². The molecule has 0 aliphatic carbocycles. The molecule has 7 heteroatoms. The predicted octanol–water partition coefficient (Wildman–Crippen LogP) is 0.950. The zero-order valence-electron chi connectivity index (χ0n) is 9.26. The molecule has 1 fully saturated rings. The maximum absolute atomic E-state index is 11.2. The number of rotatable bonds is 1. The van der Waals surface area contributed by atoms with Crippen molar-refractivity contribution in [3.05, 3.63) is 22.6 Å². The Morgan fingerprint density at radius 3 is 3.06 bits per heavy atom. The number of fused-ring (bicyclic) bond motifs is 1. The molecule has 3 heterocycles. The minimum Gasteiger partial charge on any atom is -0.439 e. The second-order valence-corrected chi connectivity index (χ2v) is 5.01. The van der Waals surface area contributed by atoms with Crippen LogP contribution in [0.15, 0.2) is 21.2 Å². The summed E-state index contributed by atoms with van der Waals surface area (Å²) in [6.07, 6.45) is -0.682. The fraction of sp³-hybridized carbons (Fsp3) is 0.364. The maximum Gasteiger partial charge on any atom is 0.248 e. The standard InChI is InChI=1S/C11H10BrN3O3/c12-8-2-1-7-9(14-8)15-11(18-7)5-3-6(16)10(17)13-4-5/h1-2,5-6,16H,3-4H2,(H,13,17). The first-order chi connectivity index (χ1) is 8.63. The molecular weight excluding hydrogens is 302 g/mol. The van der Waals surface area contributed by atoms with Crippen molar-refractivity contribution in [1.29, 1.82) is 0 Å². The van der Waals surface area contributed by atoms with Gasteiger partial charge < -0.3 is 14.8 Å². The highest BCUT2D eigenvalue weighted by molar-refractivity contribution is 9.10. The summed E-state index contributed by atoms with van der Waals surface area (Å²) < 4.78 is 6.28. The van der Waals surface area contributed by atoms with Gasteiger partial charge in [0.25, 0.3) is 0 Å². The van der Waals surface area contributed by atoms with Crippen LogP contribution in [-0.4, -0.2) is 33.6 Å². The third-order valence-electron chi connectivity index (χ3n) is 2.92. The SMILES string of the molecule is O=C1NCC(c2nc3nc(Br)ccc3o2)CC1O. The number of hydrogen-bond acceptors (Lipinski definition) is 5. The van der Waals surface area contributed by atoms with Crippen molar-refractivity contribution in [3.8, 4) is 0 Å². The molecule has 94 valence electrons. The van der Waals surface area contributed by atoms with E-state index in [9.17, 15) is 9.90 Å². The summed E-state index contributed by atoms with van der Waals surface area (Å²) in [5.41, 5.74) is 1.12. The number of carbonyl (C=O) groups is 1. The Bertz CT molecular complexity index is 613. The number of carbonyl (C=O) groups excluding carboxylic acids is 1. The van der Waals surface area contributed by atoms with Crippen molar-refractivity contribution in [2.24, 2.45) is 0 Å². The molecule has 2 N–H and O–H groups in total. The molecule has 3 rings (SSSR count). The molecule has 2 unspecified atom stereocenters. The Balaban J connectivity index is 1.92. The summed E-state index contributed by atoms with van der Waals surface area (Å²) in [7, 11) is 0. The Morgan fingerprint density at radius 2 is 2.28 bits per heavy atom. The molecule has 2 aromatic heterocycles. The molecule has 2 atom stereocenters. The number of piperidine rings is 1. The molecule has 1 aliphatic rings. The largest absolute Gasteiger partial charge is 0.439 e. The van der Waals surface area contributed by atoms with Gasteiger partial charge >= 0.3 is 0 Å². The van der Waals surface area contributed by atoms with E-state index in [1.54, 1.807) is 12.1 Å². The van der Waals surface area contributed by atoms with Gasteiger partial charge in [-0.1, -0.05) is 0 Å². The lowest BCUT2D eigenvalue weighted by atomic mass is 9.97. The van der Waals surface area contributed by atoms with Crippen LogP contribution in [0, 0.1) is 0 Å². The monoisotopic (exact) mass is 311 g/mol.